The van der Waals surface area contributed by atoms with Crippen LogP contribution in [0.3, 0.4) is 0 Å². The van der Waals surface area contributed by atoms with Crippen LogP contribution >= 0.6 is 0 Å². The minimum Gasteiger partial charge on any atom is -0.310 e. The van der Waals surface area contributed by atoms with Crippen molar-refractivity contribution in [2.75, 3.05) is 13.1 Å². The second-order valence-corrected chi connectivity index (χ2v) is 4.28. The molecule has 1 aliphatic carbocycles. The molecule has 0 bridgehead atoms. The van der Waals surface area contributed by atoms with E-state index in [0.717, 1.165) is 18.5 Å². The van der Waals surface area contributed by atoms with Gasteiger partial charge in [0.15, 0.2) is 0 Å². The molecule has 2 heterocycles. The third-order valence-corrected chi connectivity index (χ3v) is 3.42. The zero-order valence-electron chi connectivity index (χ0n) is 7.96. The Morgan fingerprint density at radius 2 is 2.36 bits per heavy atom. The molecule has 0 aromatic carbocycles. The summed E-state index contributed by atoms with van der Waals surface area (Å²) < 4.78 is 14.2. The number of aromatic nitrogens is 1. The molecular weight excluding hydrogens is 179 g/mol. The molecule has 3 heteroatoms. The van der Waals surface area contributed by atoms with Crippen LogP contribution in [0.2, 0.25) is 0 Å². The van der Waals surface area contributed by atoms with Crippen molar-refractivity contribution in [1.82, 2.24) is 10.3 Å². The Balaban J connectivity index is 1.97. The van der Waals surface area contributed by atoms with Gasteiger partial charge in [-0.15, -0.1) is 0 Å². The van der Waals surface area contributed by atoms with E-state index in [1.54, 1.807) is 6.20 Å². The molecule has 1 N–H and O–H groups in total. The van der Waals surface area contributed by atoms with Gasteiger partial charge in [0.1, 0.15) is 5.67 Å². The molecular formula is C11H13FN2. The number of rotatable bonds is 1. The van der Waals surface area contributed by atoms with Crippen LogP contribution in [0.5, 0.6) is 0 Å². The molecule has 74 valence electrons. The molecule has 0 spiro atoms. The van der Waals surface area contributed by atoms with Crippen LogP contribution in [0, 0.1) is 0 Å². The van der Waals surface area contributed by atoms with Crippen LogP contribution in [-0.4, -0.2) is 23.7 Å². The summed E-state index contributed by atoms with van der Waals surface area (Å²) in [6.45, 7) is 0.987. The number of nitrogens with one attached hydrogen (secondary N) is 1. The first-order valence-electron chi connectivity index (χ1n) is 5.13. The van der Waals surface area contributed by atoms with E-state index in [0.29, 0.717) is 13.1 Å². The van der Waals surface area contributed by atoms with Gasteiger partial charge in [0.25, 0.3) is 0 Å². The molecule has 2 nitrogen and oxygen atoms in total. The standard InChI is InChI=1S/C11H13FN2/c12-11(6-13-7-11)9-4-3-8-2-1-5-14-10(8)9/h1-2,5,9,13H,3-4,6-7H2. The molecule has 0 saturated carbocycles. The summed E-state index contributed by atoms with van der Waals surface area (Å²) in [4.78, 5) is 4.32. The third kappa shape index (κ3) is 1.02. The zero-order chi connectivity index (χ0) is 9.60. The molecule has 1 aromatic rings. The number of halogens is 1. The summed E-state index contributed by atoms with van der Waals surface area (Å²) in [5.74, 6) is 0.0277. The summed E-state index contributed by atoms with van der Waals surface area (Å²) >= 11 is 0. The van der Waals surface area contributed by atoms with Gasteiger partial charge in [-0.05, 0) is 24.5 Å². The van der Waals surface area contributed by atoms with Gasteiger partial charge in [0.05, 0.1) is 0 Å². The van der Waals surface area contributed by atoms with Gasteiger partial charge >= 0.3 is 0 Å². The van der Waals surface area contributed by atoms with Crippen molar-refractivity contribution in [3.8, 4) is 0 Å². The molecule has 1 aliphatic heterocycles. The first kappa shape index (κ1) is 8.36. The first-order valence-corrected chi connectivity index (χ1v) is 5.13. The van der Waals surface area contributed by atoms with Gasteiger partial charge in [-0.3, -0.25) is 4.98 Å². The first-order chi connectivity index (χ1) is 6.80. The molecule has 0 radical (unpaired) electrons. The van der Waals surface area contributed by atoms with E-state index in [1.807, 2.05) is 6.07 Å². The molecule has 2 aliphatic rings. The van der Waals surface area contributed by atoms with Crippen LogP contribution in [0.15, 0.2) is 18.3 Å². The van der Waals surface area contributed by atoms with E-state index in [9.17, 15) is 4.39 Å². The second-order valence-electron chi connectivity index (χ2n) is 4.28. The normalized spacial score (nSPS) is 28.2. The quantitative estimate of drug-likeness (QED) is 0.728. The topological polar surface area (TPSA) is 24.9 Å². The maximum Gasteiger partial charge on any atom is 0.144 e. The Labute approximate surface area is 82.5 Å². The number of aryl methyl sites for hydroxylation is 1. The van der Waals surface area contributed by atoms with Gasteiger partial charge in [0, 0.05) is 30.9 Å². The van der Waals surface area contributed by atoms with Gasteiger partial charge in [0.2, 0.25) is 0 Å². The fourth-order valence-electron chi connectivity index (χ4n) is 2.53. The molecule has 3 rings (SSSR count). The molecule has 1 saturated heterocycles. The summed E-state index contributed by atoms with van der Waals surface area (Å²) in [5.41, 5.74) is 1.21. The predicted octanol–water partition coefficient (Wildman–Crippen LogP) is 1.42. The molecule has 1 aromatic heterocycles. The third-order valence-electron chi connectivity index (χ3n) is 3.42. The highest BCUT2D eigenvalue weighted by atomic mass is 19.1. The van der Waals surface area contributed by atoms with Crippen LogP contribution in [0.4, 0.5) is 4.39 Å². The number of nitrogens with zero attached hydrogens (tertiary/aromatic N) is 1. The van der Waals surface area contributed by atoms with Crippen molar-refractivity contribution in [2.45, 2.75) is 24.4 Å². The highest BCUT2D eigenvalue weighted by molar-refractivity contribution is 5.32. The summed E-state index contributed by atoms with van der Waals surface area (Å²) in [5, 5.41) is 3.01. The van der Waals surface area contributed by atoms with E-state index < -0.39 is 5.67 Å². The lowest BCUT2D eigenvalue weighted by atomic mass is 9.82. The van der Waals surface area contributed by atoms with E-state index in [-0.39, 0.29) is 5.92 Å². The number of hydrogen-bond acceptors (Lipinski definition) is 2. The Bertz CT molecular complexity index is 360. The van der Waals surface area contributed by atoms with Crippen LogP contribution in [0.25, 0.3) is 0 Å². The Morgan fingerprint density at radius 3 is 3.07 bits per heavy atom. The molecule has 1 unspecified atom stereocenters. The molecule has 1 fully saturated rings. The lowest BCUT2D eigenvalue weighted by Gasteiger charge is -2.39. The number of fused-ring (bicyclic) bond motifs is 1. The molecule has 14 heavy (non-hydrogen) atoms. The van der Waals surface area contributed by atoms with Gasteiger partial charge in [-0.1, -0.05) is 6.07 Å². The minimum absolute atomic E-state index is 0.0277. The second kappa shape index (κ2) is 2.76. The SMILES string of the molecule is FC1(C2CCc3cccnc32)CNC1. The summed E-state index contributed by atoms with van der Waals surface area (Å²) in [6.07, 6.45) is 3.68. The summed E-state index contributed by atoms with van der Waals surface area (Å²) in [7, 11) is 0. The highest BCUT2D eigenvalue weighted by Gasteiger charge is 2.48. The van der Waals surface area contributed by atoms with Crippen LogP contribution in [0.1, 0.15) is 23.6 Å². The van der Waals surface area contributed by atoms with Crippen molar-refractivity contribution in [3.63, 3.8) is 0 Å². The van der Waals surface area contributed by atoms with Crippen molar-refractivity contribution >= 4 is 0 Å². The van der Waals surface area contributed by atoms with Crippen molar-refractivity contribution < 1.29 is 4.39 Å². The average Bonchev–Trinajstić information content (AvgIpc) is 2.58. The van der Waals surface area contributed by atoms with E-state index >= 15 is 0 Å². The maximum absolute atomic E-state index is 14.2. The predicted molar refractivity (Wildman–Crippen MR) is 52.0 cm³/mol. The van der Waals surface area contributed by atoms with E-state index in [1.165, 1.54) is 5.56 Å². The number of hydrogen-bond donors (Lipinski definition) is 1. The largest absolute Gasteiger partial charge is 0.310 e. The maximum atomic E-state index is 14.2. The van der Waals surface area contributed by atoms with Crippen molar-refractivity contribution in [1.29, 1.82) is 0 Å². The monoisotopic (exact) mass is 192 g/mol. The van der Waals surface area contributed by atoms with Gasteiger partial charge in [-0.25, -0.2) is 4.39 Å². The number of alkyl halides is 1. The smallest absolute Gasteiger partial charge is 0.144 e. The van der Waals surface area contributed by atoms with Crippen LogP contribution in [-0.2, 0) is 6.42 Å². The van der Waals surface area contributed by atoms with Crippen LogP contribution < -0.4 is 5.32 Å². The Morgan fingerprint density at radius 1 is 1.50 bits per heavy atom. The Hall–Kier alpha value is -0.960. The van der Waals surface area contributed by atoms with Crippen molar-refractivity contribution in [3.05, 3.63) is 29.6 Å². The van der Waals surface area contributed by atoms with Gasteiger partial charge in [-0.2, -0.15) is 0 Å². The van der Waals surface area contributed by atoms with E-state index in [2.05, 4.69) is 16.4 Å². The Kier molecular flexibility index (Phi) is 1.65. The lowest BCUT2D eigenvalue weighted by Crippen LogP contribution is -2.59. The lowest BCUT2D eigenvalue weighted by molar-refractivity contribution is 0.0570. The molecule has 1 atom stereocenters. The molecule has 0 amide bonds. The fourth-order valence-corrected chi connectivity index (χ4v) is 2.53. The summed E-state index contributed by atoms with van der Waals surface area (Å²) in [6, 6.07) is 4.00. The van der Waals surface area contributed by atoms with E-state index in [4.69, 9.17) is 0 Å². The van der Waals surface area contributed by atoms with Gasteiger partial charge < -0.3 is 5.32 Å². The zero-order valence-corrected chi connectivity index (χ0v) is 7.96. The number of pyridine rings is 1. The van der Waals surface area contributed by atoms with Crippen molar-refractivity contribution in [2.24, 2.45) is 0 Å². The average molecular weight is 192 g/mol. The highest BCUT2D eigenvalue weighted by Crippen LogP contribution is 2.43. The fraction of sp³-hybridized carbons (Fsp3) is 0.545. The minimum atomic E-state index is -1.03.